The van der Waals surface area contributed by atoms with Gasteiger partial charge in [-0.2, -0.15) is 0 Å². The monoisotopic (exact) mass is 269 g/mol. The molecule has 0 unspecified atom stereocenters. The Bertz CT molecular complexity index is 421. The number of amides is 1. The first-order valence-electron chi connectivity index (χ1n) is 6.37. The summed E-state index contributed by atoms with van der Waals surface area (Å²) < 4.78 is 9.82. The van der Waals surface area contributed by atoms with Gasteiger partial charge in [-0.1, -0.05) is 0 Å². The van der Waals surface area contributed by atoms with Crippen molar-refractivity contribution in [3.05, 3.63) is 11.3 Å². The molecule has 106 valence electrons. The van der Waals surface area contributed by atoms with E-state index in [1.165, 1.54) is 7.11 Å². The van der Waals surface area contributed by atoms with Crippen LogP contribution in [0.3, 0.4) is 0 Å². The second-order valence-corrected chi connectivity index (χ2v) is 5.05. The van der Waals surface area contributed by atoms with Crippen LogP contribution in [0.1, 0.15) is 32.1 Å². The number of methoxy groups -OCH3 is 2. The van der Waals surface area contributed by atoms with Gasteiger partial charge in [-0.3, -0.25) is 9.59 Å². The SMILES string of the molecule is COC(=O)CC1=C(O)C2(CCC(OC)CC2)NC1=O. The summed E-state index contributed by atoms with van der Waals surface area (Å²) in [7, 11) is 2.92. The maximum Gasteiger partial charge on any atom is 0.310 e. The Morgan fingerprint density at radius 3 is 2.58 bits per heavy atom. The molecule has 1 amide bonds. The highest BCUT2D eigenvalue weighted by Crippen LogP contribution is 2.39. The summed E-state index contributed by atoms with van der Waals surface area (Å²) in [6.45, 7) is 0. The van der Waals surface area contributed by atoms with Crippen molar-refractivity contribution in [3.8, 4) is 0 Å². The fourth-order valence-electron chi connectivity index (χ4n) is 2.81. The summed E-state index contributed by atoms with van der Waals surface area (Å²) in [6.07, 6.45) is 2.75. The second-order valence-electron chi connectivity index (χ2n) is 5.05. The van der Waals surface area contributed by atoms with Crippen molar-refractivity contribution in [2.75, 3.05) is 14.2 Å². The second kappa shape index (κ2) is 5.21. The van der Waals surface area contributed by atoms with Gasteiger partial charge in [0.05, 0.1) is 30.7 Å². The zero-order valence-corrected chi connectivity index (χ0v) is 11.2. The molecule has 0 aromatic rings. The van der Waals surface area contributed by atoms with E-state index in [-0.39, 0.29) is 29.8 Å². The van der Waals surface area contributed by atoms with Crippen LogP contribution in [0.25, 0.3) is 0 Å². The van der Waals surface area contributed by atoms with Crippen molar-refractivity contribution in [1.82, 2.24) is 5.32 Å². The normalized spacial score (nSPS) is 30.6. The molecule has 6 heteroatoms. The van der Waals surface area contributed by atoms with Crippen LogP contribution in [0.5, 0.6) is 0 Å². The van der Waals surface area contributed by atoms with E-state index in [9.17, 15) is 14.7 Å². The van der Waals surface area contributed by atoms with Crippen molar-refractivity contribution in [2.24, 2.45) is 0 Å². The van der Waals surface area contributed by atoms with E-state index in [0.717, 1.165) is 12.8 Å². The molecule has 1 aliphatic carbocycles. The van der Waals surface area contributed by atoms with Crippen LogP contribution in [0.4, 0.5) is 0 Å². The predicted molar refractivity (Wildman–Crippen MR) is 66.4 cm³/mol. The number of ether oxygens (including phenoxy) is 2. The highest BCUT2D eigenvalue weighted by atomic mass is 16.5. The summed E-state index contributed by atoms with van der Waals surface area (Å²) in [4.78, 5) is 23.2. The minimum Gasteiger partial charge on any atom is -0.509 e. The minimum atomic E-state index is -0.713. The molecule has 1 saturated carbocycles. The number of aliphatic hydroxyl groups is 1. The van der Waals surface area contributed by atoms with Crippen LogP contribution >= 0.6 is 0 Å². The Kier molecular flexibility index (Phi) is 3.80. The average molecular weight is 269 g/mol. The Labute approximate surface area is 111 Å². The third-order valence-electron chi connectivity index (χ3n) is 4.03. The lowest BCUT2D eigenvalue weighted by molar-refractivity contribution is -0.140. The predicted octanol–water partition coefficient (Wildman–Crippen LogP) is 0.819. The maximum absolute atomic E-state index is 11.9. The highest BCUT2D eigenvalue weighted by Gasteiger charge is 2.47. The van der Waals surface area contributed by atoms with Crippen LogP contribution in [-0.4, -0.2) is 42.8 Å². The van der Waals surface area contributed by atoms with Gasteiger partial charge in [0, 0.05) is 7.11 Å². The van der Waals surface area contributed by atoms with Gasteiger partial charge in [0.1, 0.15) is 5.76 Å². The first-order valence-corrected chi connectivity index (χ1v) is 6.37. The zero-order valence-electron chi connectivity index (χ0n) is 11.2. The number of aliphatic hydroxyl groups excluding tert-OH is 1. The Morgan fingerprint density at radius 2 is 2.05 bits per heavy atom. The molecular formula is C13H19NO5. The van der Waals surface area contributed by atoms with E-state index < -0.39 is 11.5 Å². The van der Waals surface area contributed by atoms with Gasteiger partial charge in [0.15, 0.2) is 0 Å². The zero-order chi connectivity index (χ0) is 14.0. The molecule has 0 aromatic heterocycles. The molecule has 1 aliphatic heterocycles. The Hall–Kier alpha value is -1.56. The summed E-state index contributed by atoms with van der Waals surface area (Å²) >= 11 is 0. The number of carbonyl (C=O) groups is 2. The number of esters is 1. The molecule has 1 spiro atoms. The first-order chi connectivity index (χ1) is 9.02. The average Bonchev–Trinajstić information content (AvgIpc) is 2.64. The third kappa shape index (κ3) is 2.45. The largest absolute Gasteiger partial charge is 0.509 e. The molecule has 6 nitrogen and oxygen atoms in total. The molecule has 0 atom stereocenters. The molecule has 0 radical (unpaired) electrons. The third-order valence-corrected chi connectivity index (χ3v) is 4.03. The van der Waals surface area contributed by atoms with Gasteiger partial charge in [-0.25, -0.2) is 0 Å². The lowest BCUT2D eigenvalue weighted by Gasteiger charge is -2.36. The van der Waals surface area contributed by atoms with E-state index in [1.807, 2.05) is 0 Å². The molecule has 0 aromatic carbocycles. The number of nitrogens with one attached hydrogen (secondary N) is 1. The smallest absolute Gasteiger partial charge is 0.310 e. The summed E-state index contributed by atoms with van der Waals surface area (Å²) in [5.41, 5.74) is -0.585. The van der Waals surface area contributed by atoms with Gasteiger partial charge < -0.3 is 19.9 Å². The number of hydrogen-bond acceptors (Lipinski definition) is 5. The lowest BCUT2D eigenvalue weighted by atomic mass is 9.79. The summed E-state index contributed by atoms with van der Waals surface area (Å²) in [5, 5.41) is 13.1. The number of carbonyl (C=O) groups excluding carboxylic acids is 2. The van der Waals surface area contributed by atoms with E-state index in [4.69, 9.17) is 4.74 Å². The summed E-state index contributed by atoms with van der Waals surface area (Å²) in [6, 6.07) is 0. The Balaban J connectivity index is 2.16. The van der Waals surface area contributed by atoms with E-state index in [2.05, 4.69) is 10.1 Å². The molecule has 2 aliphatic rings. The van der Waals surface area contributed by atoms with Crippen LogP contribution in [0, 0.1) is 0 Å². The minimum absolute atomic E-state index is 0.00236. The van der Waals surface area contributed by atoms with Gasteiger partial charge in [-0.05, 0) is 25.7 Å². The number of hydrogen-bond donors (Lipinski definition) is 2. The maximum atomic E-state index is 11.9. The van der Waals surface area contributed by atoms with Crippen LogP contribution in [0.2, 0.25) is 0 Å². The van der Waals surface area contributed by atoms with Crippen LogP contribution in [-0.2, 0) is 19.1 Å². The van der Waals surface area contributed by atoms with Crippen LogP contribution < -0.4 is 5.32 Å². The molecule has 0 bridgehead atoms. The molecule has 0 saturated heterocycles. The molecule has 2 N–H and O–H groups in total. The molecular weight excluding hydrogens is 250 g/mol. The number of rotatable bonds is 3. The van der Waals surface area contributed by atoms with Gasteiger partial charge in [0.2, 0.25) is 0 Å². The first kappa shape index (κ1) is 13.9. The van der Waals surface area contributed by atoms with Crippen molar-refractivity contribution in [1.29, 1.82) is 0 Å². The standard InChI is InChI=1S/C13H19NO5/c1-18-8-3-5-13(6-4-8)11(16)9(12(17)14-13)7-10(15)19-2/h8,16H,3-7H2,1-2H3,(H,14,17). The molecule has 1 heterocycles. The molecule has 2 rings (SSSR count). The van der Waals surface area contributed by atoms with E-state index in [0.29, 0.717) is 12.8 Å². The quantitative estimate of drug-likeness (QED) is 0.741. The highest BCUT2D eigenvalue weighted by molar-refractivity contribution is 6.01. The topological polar surface area (TPSA) is 84.9 Å². The Morgan fingerprint density at radius 1 is 1.42 bits per heavy atom. The van der Waals surface area contributed by atoms with E-state index >= 15 is 0 Å². The molecule has 1 fully saturated rings. The van der Waals surface area contributed by atoms with Crippen molar-refractivity contribution in [3.63, 3.8) is 0 Å². The van der Waals surface area contributed by atoms with Gasteiger partial charge in [-0.15, -0.1) is 0 Å². The summed E-state index contributed by atoms with van der Waals surface area (Å²) in [5.74, 6) is -0.907. The van der Waals surface area contributed by atoms with Gasteiger partial charge >= 0.3 is 5.97 Å². The fourth-order valence-corrected chi connectivity index (χ4v) is 2.81. The van der Waals surface area contributed by atoms with Crippen LogP contribution in [0.15, 0.2) is 11.3 Å². The fraction of sp³-hybridized carbons (Fsp3) is 0.692. The van der Waals surface area contributed by atoms with Crippen molar-refractivity contribution >= 4 is 11.9 Å². The van der Waals surface area contributed by atoms with Gasteiger partial charge in [0.25, 0.3) is 5.91 Å². The van der Waals surface area contributed by atoms with Crippen molar-refractivity contribution in [2.45, 2.75) is 43.7 Å². The van der Waals surface area contributed by atoms with Crippen molar-refractivity contribution < 1.29 is 24.2 Å². The lowest BCUT2D eigenvalue weighted by Crippen LogP contribution is -2.48. The molecule has 19 heavy (non-hydrogen) atoms. The van der Waals surface area contributed by atoms with E-state index in [1.54, 1.807) is 7.11 Å².